The maximum Gasteiger partial charge on any atom is 0.277 e. The highest BCUT2D eigenvalue weighted by atomic mass is 32.1. The molecule has 0 unspecified atom stereocenters. The van der Waals surface area contributed by atoms with Crippen molar-refractivity contribution in [2.24, 2.45) is 0 Å². The Morgan fingerprint density at radius 3 is 2.83 bits per heavy atom. The Labute approximate surface area is 109 Å². The Morgan fingerprint density at radius 1 is 1.39 bits per heavy atom. The molecule has 2 aromatic rings. The van der Waals surface area contributed by atoms with Crippen LogP contribution in [0.5, 0.6) is 0 Å². The molecular weight excluding hydrogens is 250 g/mol. The summed E-state index contributed by atoms with van der Waals surface area (Å²) in [5, 5.41) is 16.6. The average molecular weight is 265 g/mol. The maximum atomic E-state index is 12.1. The molecule has 0 aromatic carbocycles. The molecule has 2 heterocycles. The number of anilines is 1. The first-order valence-corrected chi connectivity index (χ1v) is 6.63. The summed E-state index contributed by atoms with van der Waals surface area (Å²) in [5.74, 6) is 0. The predicted octanol–water partition coefficient (Wildman–Crippen LogP) is 1.52. The number of aryl methyl sites for hydroxylation is 2. The third-order valence-electron chi connectivity index (χ3n) is 2.38. The molecule has 1 N–H and O–H groups in total. The van der Waals surface area contributed by atoms with Crippen LogP contribution in [-0.4, -0.2) is 26.5 Å². The highest BCUT2D eigenvalue weighted by Crippen LogP contribution is 2.23. The van der Waals surface area contributed by atoms with Gasteiger partial charge in [0.2, 0.25) is 5.13 Å². The topological polar surface area (TPSA) is 72.7 Å². The second-order valence-corrected chi connectivity index (χ2v) is 4.74. The molecule has 0 fully saturated rings. The van der Waals surface area contributed by atoms with Crippen molar-refractivity contribution in [2.45, 2.75) is 27.3 Å². The van der Waals surface area contributed by atoms with Crippen molar-refractivity contribution in [3.8, 4) is 10.6 Å². The van der Waals surface area contributed by atoms with E-state index in [-0.39, 0.29) is 5.56 Å². The van der Waals surface area contributed by atoms with Gasteiger partial charge in [0.25, 0.3) is 5.56 Å². The van der Waals surface area contributed by atoms with E-state index in [2.05, 4.69) is 20.6 Å². The molecule has 0 aliphatic heterocycles. The first-order valence-electron chi connectivity index (χ1n) is 5.82. The quantitative estimate of drug-likeness (QED) is 0.907. The maximum absolute atomic E-state index is 12.1. The van der Waals surface area contributed by atoms with E-state index >= 15 is 0 Å². The Kier molecular flexibility index (Phi) is 3.71. The molecule has 2 aromatic heterocycles. The third-order valence-corrected chi connectivity index (χ3v) is 3.29. The van der Waals surface area contributed by atoms with Crippen LogP contribution in [0.25, 0.3) is 10.6 Å². The van der Waals surface area contributed by atoms with Gasteiger partial charge in [0.1, 0.15) is 0 Å². The van der Waals surface area contributed by atoms with E-state index in [1.807, 2.05) is 20.8 Å². The molecule has 0 radical (unpaired) electrons. The molecule has 7 heteroatoms. The second-order valence-electron chi connectivity index (χ2n) is 3.76. The van der Waals surface area contributed by atoms with Gasteiger partial charge in [-0.1, -0.05) is 11.3 Å². The summed E-state index contributed by atoms with van der Waals surface area (Å²) in [4.78, 5) is 12.1. The van der Waals surface area contributed by atoms with Crippen LogP contribution in [0, 0.1) is 6.92 Å². The molecular formula is C11H15N5OS. The fourth-order valence-electron chi connectivity index (χ4n) is 1.60. The SMILES string of the molecule is CCNc1nnc(-c2cc(C)nn(CC)c2=O)s1. The molecule has 0 aliphatic carbocycles. The monoisotopic (exact) mass is 265 g/mol. The van der Waals surface area contributed by atoms with Gasteiger partial charge in [-0.25, -0.2) is 4.68 Å². The molecule has 0 aliphatic rings. The summed E-state index contributed by atoms with van der Waals surface area (Å²) in [7, 11) is 0. The van der Waals surface area contributed by atoms with Gasteiger partial charge in [0.15, 0.2) is 5.01 Å². The molecule has 6 nitrogen and oxygen atoms in total. The minimum Gasteiger partial charge on any atom is -0.360 e. The molecule has 0 atom stereocenters. The van der Waals surface area contributed by atoms with Gasteiger partial charge in [-0.2, -0.15) is 5.10 Å². The van der Waals surface area contributed by atoms with Crippen molar-refractivity contribution < 1.29 is 0 Å². The minimum absolute atomic E-state index is 0.123. The third kappa shape index (κ3) is 2.40. The zero-order valence-corrected chi connectivity index (χ0v) is 11.4. The number of aromatic nitrogens is 4. The van der Waals surface area contributed by atoms with Crippen LogP contribution in [0.15, 0.2) is 10.9 Å². The van der Waals surface area contributed by atoms with Crippen LogP contribution >= 0.6 is 11.3 Å². The van der Waals surface area contributed by atoms with Gasteiger partial charge in [0.05, 0.1) is 11.3 Å². The zero-order chi connectivity index (χ0) is 13.1. The molecule has 18 heavy (non-hydrogen) atoms. The Hall–Kier alpha value is -1.76. The number of nitrogens with zero attached hydrogens (tertiary/aromatic N) is 4. The lowest BCUT2D eigenvalue weighted by Gasteiger charge is -2.04. The molecule has 2 rings (SSSR count). The van der Waals surface area contributed by atoms with Gasteiger partial charge in [0, 0.05) is 13.1 Å². The highest BCUT2D eigenvalue weighted by molar-refractivity contribution is 7.18. The van der Waals surface area contributed by atoms with Crippen LogP contribution in [0.2, 0.25) is 0 Å². The molecule has 96 valence electrons. The summed E-state index contributed by atoms with van der Waals surface area (Å²) in [5.41, 5.74) is 1.24. The lowest BCUT2D eigenvalue weighted by Crippen LogP contribution is -2.24. The summed E-state index contributed by atoms with van der Waals surface area (Å²) in [6, 6.07) is 1.75. The van der Waals surface area contributed by atoms with Gasteiger partial charge >= 0.3 is 0 Å². The van der Waals surface area contributed by atoms with E-state index in [4.69, 9.17) is 0 Å². The standard InChI is InChI=1S/C11H15N5OS/c1-4-12-11-14-13-9(18-11)8-6-7(3)15-16(5-2)10(8)17/h6H,4-5H2,1-3H3,(H,12,14). The van der Waals surface area contributed by atoms with Crippen molar-refractivity contribution in [1.29, 1.82) is 0 Å². The van der Waals surface area contributed by atoms with Crippen LogP contribution in [-0.2, 0) is 6.54 Å². The number of nitrogens with one attached hydrogen (secondary N) is 1. The van der Waals surface area contributed by atoms with Crippen molar-refractivity contribution in [1.82, 2.24) is 20.0 Å². The number of hydrogen-bond donors (Lipinski definition) is 1. The van der Waals surface area contributed by atoms with Crippen molar-refractivity contribution in [3.63, 3.8) is 0 Å². The number of rotatable bonds is 4. The van der Waals surface area contributed by atoms with Crippen molar-refractivity contribution in [2.75, 3.05) is 11.9 Å². The Balaban J connectivity index is 2.49. The summed E-state index contributed by atoms with van der Waals surface area (Å²) in [6.45, 7) is 7.07. The number of hydrogen-bond acceptors (Lipinski definition) is 6. The highest BCUT2D eigenvalue weighted by Gasteiger charge is 2.12. The average Bonchev–Trinajstić information content (AvgIpc) is 2.80. The lowest BCUT2D eigenvalue weighted by molar-refractivity contribution is 0.607. The molecule has 0 saturated carbocycles. The van der Waals surface area contributed by atoms with Crippen molar-refractivity contribution >= 4 is 16.5 Å². The normalized spacial score (nSPS) is 10.6. The van der Waals surface area contributed by atoms with Gasteiger partial charge in [-0.3, -0.25) is 4.79 Å². The lowest BCUT2D eigenvalue weighted by atomic mass is 10.3. The molecule has 0 amide bonds. The minimum atomic E-state index is -0.123. The van der Waals surface area contributed by atoms with E-state index in [1.165, 1.54) is 16.0 Å². The smallest absolute Gasteiger partial charge is 0.277 e. The van der Waals surface area contributed by atoms with Crippen molar-refractivity contribution in [3.05, 3.63) is 22.1 Å². The van der Waals surface area contributed by atoms with Crippen LogP contribution in [0.1, 0.15) is 19.5 Å². The van der Waals surface area contributed by atoms with E-state index in [0.717, 1.165) is 17.4 Å². The van der Waals surface area contributed by atoms with E-state index < -0.39 is 0 Å². The van der Waals surface area contributed by atoms with Crippen LogP contribution in [0.4, 0.5) is 5.13 Å². The Bertz CT molecular complexity index is 604. The molecule has 0 spiro atoms. The molecule has 0 saturated heterocycles. The van der Waals surface area contributed by atoms with Gasteiger partial charge < -0.3 is 5.32 Å². The molecule has 0 bridgehead atoms. The Morgan fingerprint density at radius 2 is 2.17 bits per heavy atom. The summed E-state index contributed by atoms with van der Waals surface area (Å²) < 4.78 is 1.44. The second kappa shape index (κ2) is 5.26. The van der Waals surface area contributed by atoms with E-state index in [9.17, 15) is 4.79 Å². The summed E-state index contributed by atoms with van der Waals surface area (Å²) in [6.07, 6.45) is 0. The van der Waals surface area contributed by atoms with E-state index in [0.29, 0.717) is 17.1 Å². The van der Waals surface area contributed by atoms with Crippen LogP contribution in [0.3, 0.4) is 0 Å². The van der Waals surface area contributed by atoms with Gasteiger partial charge in [-0.15, -0.1) is 10.2 Å². The first-order chi connectivity index (χ1) is 8.65. The predicted molar refractivity (Wildman–Crippen MR) is 72.0 cm³/mol. The largest absolute Gasteiger partial charge is 0.360 e. The van der Waals surface area contributed by atoms with E-state index in [1.54, 1.807) is 6.07 Å². The fourth-order valence-corrected chi connectivity index (χ4v) is 2.42. The summed E-state index contributed by atoms with van der Waals surface area (Å²) >= 11 is 1.38. The zero-order valence-electron chi connectivity index (χ0n) is 10.6. The van der Waals surface area contributed by atoms with Crippen LogP contribution < -0.4 is 10.9 Å². The fraction of sp³-hybridized carbons (Fsp3) is 0.455. The first kappa shape index (κ1) is 12.7. The van der Waals surface area contributed by atoms with Gasteiger partial charge in [-0.05, 0) is 26.8 Å².